The minimum absolute atomic E-state index is 0.0650. The molecular formula is C19H25N3O2. The van der Waals surface area contributed by atoms with Crippen molar-refractivity contribution in [2.24, 2.45) is 0 Å². The summed E-state index contributed by atoms with van der Waals surface area (Å²) < 4.78 is 7.62. The van der Waals surface area contributed by atoms with E-state index in [0.717, 1.165) is 30.6 Å². The van der Waals surface area contributed by atoms with Crippen molar-refractivity contribution >= 4 is 11.7 Å². The van der Waals surface area contributed by atoms with Crippen molar-refractivity contribution in [2.75, 3.05) is 19.0 Å². The van der Waals surface area contributed by atoms with E-state index in [2.05, 4.69) is 35.1 Å². The number of methoxy groups -OCH3 is 1. The van der Waals surface area contributed by atoms with Crippen molar-refractivity contribution in [3.8, 4) is 5.75 Å². The summed E-state index contributed by atoms with van der Waals surface area (Å²) in [5.41, 5.74) is 3.02. The Morgan fingerprint density at radius 1 is 1.33 bits per heavy atom. The van der Waals surface area contributed by atoms with Gasteiger partial charge in [-0.3, -0.25) is 0 Å². The van der Waals surface area contributed by atoms with Crippen LogP contribution in [0.3, 0.4) is 0 Å². The van der Waals surface area contributed by atoms with E-state index in [4.69, 9.17) is 4.74 Å². The van der Waals surface area contributed by atoms with E-state index in [9.17, 15) is 4.79 Å². The predicted octanol–water partition coefficient (Wildman–Crippen LogP) is 4.19. The van der Waals surface area contributed by atoms with Crippen LogP contribution in [0.15, 0.2) is 36.5 Å². The number of hydrogen-bond donors (Lipinski definition) is 1. The molecule has 0 saturated heterocycles. The summed E-state index contributed by atoms with van der Waals surface area (Å²) in [6.45, 7) is 5.71. The van der Waals surface area contributed by atoms with Crippen LogP contribution < -0.4 is 10.1 Å². The Hall–Kier alpha value is -2.43. The average Bonchev–Trinajstić information content (AvgIpc) is 3.04. The van der Waals surface area contributed by atoms with E-state index in [0.29, 0.717) is 12.3 Å². The van der Waals surface area contributed by atoms with Gasteiger partial charge in [-0.15, -0.1) is 0 Å². The zero-order chi connectivity index (χ0) is 17.1. The molecule has 5 nitrogen and oxygen atoms in total. The minimum Gasteiger partial charge on any atom is -0.495 e. The third-order valence-electron chi connectivity index (χ3n) is 4.58. The fourth-order valence-corrected chi connectivity index (χ4v) is 3.39. The summed E-state index contributed by atoms with van der Waals surface area (Å²) in [5, 5.41) is 3.04. The van der Waals surface area contributed by atoms with Gasteiger partial charge in [-0.1, -0.05) is 19.4 Å². The van der Waals surface area contributed by atoms with Crippen LogP contribution in [0, 0.1) is 6.92 Å². The third kappa shape index (κ3) is 3.11. The molecule has 0 spiro atoms. The lowest BCUT2D eigenvalue weighted by Gasteiger charge is -2.37. The van der Waals surface area contributed by atoms with Crippen LogP contribution in [0.4, 0.5) is 10.5 Å². The number of aryl methyl sites for hydroxylation is 1. The second-order valence-corrected chi connectivity index (χ2v) is 6.26. The summed E-state index contributed by atoms with van der Waals surface area (Å²) in [4.78, 5) is 14.9. The Bertz CT molecular complexity index is 723. The number of amides is 2. The molecule has 1 N–H and O–H groups in total. The summed E-state index contributed by atoms with van der Waals surface area (Å²) in [7, 11) is 1.62. The van der Waals surface area contributed by atoms with Gasteiger partial charge < -0.3 is 19.5 Å². The number of fused-ring (bicyclic) bond motifs is 1. The lowest BCUT2D eigenvalue weighted by atomic mass is 10.0. The number of aromatic nitrogens is 1. The maximum Gasteiger partial charge on any atom is 0.322 e. The number of carbonyl (C=O) groups excluding carboxylic acids is 1. The number of nitrogens with one attached hydrogen (secondary N) is 1. The number of urea groups is 1. The summed E-state index contributed by atoms with van der Waals surface area (Å²) in [6.07, 6.45) is 4.09. The van der Waals surface area contributed by atoms with E-state index in [1.54, 1.807) is 7.11 Å². The largest absolute Gasteiger partial charge is 0.495 e. The number of benzene rings is 1. The fraction of sp³-hybridized carbons (Fsp3) is 0.421. The molecule has 2 aromatic rings. The molecule has 1 aromatic carbocycles. The Morgan fingerprint density at radius 2 is 2.17 bits per heavy atom. The highest BCUT2D eigenvalue weighted by atomic mass is 16.5. The van der Waals surface area contributed by atoms with Crippen LogP contribution in [0.1, 0.15) is 37.1 Å². The molecule has 2 heterocycles. The standard InChI is InChI=1S/C19H25N3O2/c1-4-6-17-16-7-5-10-21(16)11-12-22(17)19(23)20-15-13-14(2)8-9-18(15)24-3/h5,7-10,13,17H,4,6,11-12H2,1-3H3,(H,20,23)/t17-/m0/s1. The van der Waals surface area contributed by atoms with Gasteiger partial charge in [0.25, 0.3) is 0 Å². The normalized spacial score (nSPS) is 16.6. The van der Waals surface area contributed by atoms with Crippen LogP contribution in [0.25, 0.3) is 0 Å². The van der Waals surface area contributed by atoms with Crippen molar-refractivity contribution in [1.82, 2.24) is 9.47 Å². The summed E-state index contributed by atoms with van der Waals surface area (Å²) in [6, 6.07) is 10.0. The fourth-order valence-electron chi connectivity index (χ4n) is 3.39. The first-order valence-electron chi connectivity index (χ1n) is 8.51. The van der Waals surface area contributed by atoms with Gasteiger partial charge in [0.1, 0.15) is 5.75 Å². The van der Waals surface area contributed by atoms with Gasteiger partial charge in [0.05, 0.1) is 18.8 Å². The zero-order valence-electron chi connectivity index (χ0n) is 14.6. The molecule has 24 heavy (non-hydrogen) atoms. The van der Waals surface area contributed by atoms with Gasteiger partial charge in [0.2, 0.25) is 0 Å². The predicted molar refractivity (Wildman–Crippen MR) is 95.5 cm³/mol. The Kier molecular flexibility index (Phi) is 4.79. The van der Waals surface area contributed by atoms with E-state index in [1.807, 2.05) is 30.0 Å². The molecule has 5 heteroatoms. The van der Waals surface area contributed by atoms with Gasteiger partial charge in [-0.2, -0.15) is 0 Å². The molecule has 0 radical (unpaired) electrons. The first kappa shape index (κ1) is 16.4. The monoisotopic (exact) mass is 327 g/mol. The van der Waals surface area contributed by atoms with Crippen LogP contribution in [0.2, 0.25) is 0 Å². The van der Waals surface area contributed by atoms with Gasteiger partial charge in [-0.25, -0.2) is 4.79 Å². The summed E-state index contributed by atoms with van der Waals surface area (Å²) >= 11 is 0. The number of nitrogens with zero attached hydrogens (tertiary/aromatic N) is 2. The molecule has 1 aromatic heterocycles. The number of ether oxygens (including phenoxy) is 1. The Labute approximate surface area is 143 Å². The minimum atomic E-state index is -0.0650. The molecule has 1 aliphatic heterocycles. The highest BCUT2D eigenvalue weighted by Gasteiger charge is 2.30. The molecule has 128 valence electrons. The number of carbonyl (C=O) groups is 1. The Morgan fingerprint density at radius 3 is 2.92 bits per heavy atom. The molecule has 0 saturated carbocycles. The molecule has 0 fully saturated rings. The molecule has 0 aliphatic carbocycles. The number of rotatable bonds is 4. The van der Waals surface area contributed by atoms with Crippen molar-refractivity contribution in [1.29, 1.82) is 0 Å². The molecule has 0 bridgehead atoms. The highest BCUT2D eigenvalue weighted by molar-refractivity contribution is 5.91. The second-order valence-electron chi connectivity index (χ2n) is 6.26. The van der Waals surface area contributed by atoms with Crippen LogP contribution in [0.5, 0.6) is 5.75 Å². The molecule has 3 rings (SSSR count). The van der Waals surface area contributed by atoms with E-state index in [-0.39, 0.29) is 12.1 Å². The van der Waals surface area contributed by atoms with Crippen LogP contribution in [-0.4, -0.2) is 29.2 Å². The maximum atomic E-state index is 12.9. The van der Waals surface area contributed by atoms with Gasteiger partial charge in [0, 0.05) is 25.0 Å². The van der Waals surface area contributed by atoms with E-state index in [1.165, 1.54) is 5.69 Å². The number of hydrogen-bond acceptors (Lipinski definition) is 2. The van der Waals surface area contributed by atoms with Crippen LogP contribution >= 0.6 is 0 Å². The topological polar surface area (TPSA) is 46.5 Å². The van der Waals surface area contributed by atoms with Gasteiger partial charge >= 0.3 is 6.03 Å². The van der Waals surface area contributed by atoms with E-state index >= 15 is 0 Å². The maximum absolute atomic E-state index is 12.9. The van der Waals surface area contributed by atoms with Crippen molar-refractivity contribution < 1.29 is 9.53 Å². The lowest BCUT2D eigenvalue weighted by Crippen LogP contribution is -2.44. The molecule has 2 amide bonds. The van der Waals surface area contributed by atoms with Crippen molar-refractivity contribution in [3.05, 3.63) is 47.8 Å². The van der Waals surface area contributed by atoms with Gasteiger partial charge in [0.15, 0.2) is 0 Å². The average molecular weight is 327 g/mol. The first-order valence-corrected chi connectivity index (χ1v) is 8.51. The lowest BCUT2D eigenvalue weighted by molar-refractivity contribution is 0.163. The third-order valence-corrected chi connectivity index (χ3v) is 4.58. The SMILES string of the molecule is CCC[C@H]1c2cccn2CCN1C(=O)Nc1cc(C)ccc1OC. The smallest absolute Gasteiger partial charge is 0.322 e. The van der Waals surface area contributed by atoms with E-state index < -0.39 is 0 Å². The summed E-state index contributed by atoms with van der Waals surface area (Å²) in [5.74, 6) is 0.682. The molecule has 1 atom stereocenters. The van der Waals surface area contributed by atoms with Gasteiger partial charge in [-0.05, 0) is 43.2 Å². The second kappa shape index (κ2) is 6.99. The molecular weight excluding hydrogens is 302 g/mol. The molecule has 1 aliphatic rings. The highest BCUT2D eigenvalue weighted by Crippen LogP contribution is 2.32. The van der Waals surface area contributed by atoms with Crippen molar-refractivity contribution in [3.63, 3.8) is 0 Å². The zero-order valence-corrected chi connectivity index (χ0v) is 14.6. The first-order chi connectivity index (χ1) is 11.6. The Balaban J connectivity index is 1.83. The quantitative estimate of drug-likeness (QED) is 0.915. The number of anilines is 1. The van der Waals surface area contributed by atoms with Crippen LogP contribution in [-0.2, 0) is 6.54 Å². The molecule has 0 unspecified atom stereocenters. The van der Waals surface area contributed by atoms with Crippen molar-refractivity contribution in [2.45, 2.75) is 39.3 Å².